The van der Waals surface area contributed by atoms with Gasteiger partial charge in [-0.15, -0.1) is 24.0 Å². The molecule has 5 heteroatoms. The summed E-state index contributed by atoms with van der Waals surface area (Å²) in [6.07, 6.45) is 4.48. The van der Waals surface area contributed by atoms with Crippen molar-refractivity contribution < 1.29 is 4.74 Å². The molecule has 2 aliphatic rings. The Labute approximate surface area is 128 Å². The monoisotopic (exact) mass is 367 g/mol. The van der Waals surface area contributed by atoms with Crippen molar-refractivity contribution in [2.24, 2.45) is 10.9 Å². The summed E-state index contributed by atoms with van der Waals surface area (Å²) in [4.78, 5) is 6.63. The third-order valence-corrected chi connectivity index (χ3v) is 3.69. The molecule has 106 valence electrons. The van der Waals surface area contributed by atoms with Crippen LogP contribution in [-0.2, 0) is 4.74 Å². The van der Waals surface area contributed by atoms with Gasteiger partial charge in [0.15, 0.2) is 5.96 Å². The minimum atomic E-state index is 0. The number of nitrogens with zero attached hydrogens (tertiary/aromatic N) is 2. The second-order valence-corrected chi connectivity index (χ2v) is 5.44. The third-order valence-electron chi connectivity index (χ3n) is 3.69. The van der Waals surface area contributed by atoms with E-state index in [0.717, 1.165) is 31.5 Å². The lowest BCUT2D eigenvalue weighted by Crippen LogP contribution is -2.37. The molecular weight excluding hydrogens is 341 g/mol. The Bertz CT molecular complexity index is 275. The van der Waals surface area contributed by atoms with Crippen molar-refractivity contribution in [3.63, 3.8) is 0 Å². The first-order valence-corrected chi connectivity index (χ1v) is 6.80. The molecule has 18 heavy (non-hydrogen) atoms. The molecule has 0 amide bonds. The molecule has 0 aromatic heterocycles. The molecule has 2 heterocycles. The number of nitrogens with one attached hydrogen (secondary N) is 1. The molecule has 0 spiro atoms. The molecule has 0 aromatic carbocycles. The minimum Gasteiger partial charge on any atom is -0.376 e. The van der Waals surface area contributed by atoms with Gasteiger partial charge in [0, 0.05) is 20.1 Å². The van der Waals surface area contributed by atoms with Crippen LogP contribution in [0.2, 0.25) is 0 Å². The Morgan fingerprint density at radius 2 is 2.00 bits per heavy atom. The van der Waals surface area contributed by atoms with E-state index < -0.39 is 0 Å². The zero-order valence-electron chi connectivity index (χ0n) is 11.7. The highest BCUT2D eigenvalue weighted by Crippen LogP contribution is 2.26. The normalized spacial score (nSPS) is 31.8. The van der Waals surface area contributed by atoms with E-state index in [1.807, 2.05) is 0 Å². The number of likely N-dealkylation sites (N-methyl/N-ethyl adjacent to an activating group) is 1. The number of rotatable bonds is 3. The van der Waals surface area contributed by atoms with Crippen molar-refractivity contribution in [3.05, 3.63) is 0 Å². The Hall–Kier alpha value is -0.0400. The summed E-state index contributed by atoms with van der Waals surface area (Å²) in [5, 5.41) is 3.44. The van der Waals surface area contributed by atoms with Gasteiger partial charge in [0.05, 0.1) is 18.8 Å². The quantitative estimate of drug-likeness (QED) is 0.777. The van der Waals surface area contributed by atoms with E-state index in [0.29, 0.717) is 12.2 Å². The maximum absolute atomic E-state index is 5.76. The Morgan fingerprint density at radius 1 is 1.33 bits per heavy atom. The predicted molar refractivity (Wildman–Crippen MR) is 85.7 cm³/mol. The molecule has 1 saturated heterocycles. The molecule has 0 aromatic rings. The fourth-order valence-electron chi connectivity index (χ4n) is 2.89. The van der Waals surface area contributed by atoms with Crippen LogP contribution >= 0.6 is 24.0 Å². The summed E-state index contributed by atoms with van der Waals surface area (Å²) in [7, 11) is 2.09. The highest BCUT2D eigenvalue weighted by Gasteiger charge is 2.24. The van der Waals surface area contributed by atoms with Crippen LogP contribution in [0.25, 0.3) is 0 Å². The number of hydrogen-bond donors (Lipinski definition) is 1. The molecule has 2 rings (SSSR count). The van der Waals surface area contributed by atoms with Crippen LogP contribution < -0.4 is 5.32 Å². The fraction of sp³-hybridized carbons (Fsp3) is 0.923. The van der Waals surface area contributed by atoms with Gasteiger partial charge in [-0.3, -0.25) is 4.99 Å². The van der Waals surface area contributed by atoms with Crippen LogP contribution in [0.15, 0.2) is 4.99 Å². The summed E-state index contributed by atoms with van der Waals surface area (Å²) >= 11 is 0. The molecule has 2 unspecified atom stereocenters. The van der Waals surface area contributed by atoms with E-state index >= 15 is 0 Å². The first-order valence-electron chi connectivity index (χ1n) is 6.80. The molecule has 1 N–H and O–H groups in total. The number of aliphatic imine (C=N–C) groups is 1. The highest BCUT2D eigenvalue weighted by molar-refractivity contribution is 14.0. The molecule has 0 saturated carbocycles. The van der Waals surface area contributed by atoms with E-state index in [-0.39, 0.29) is 24.0 Å². The molecule has 1 fully saturated rings. The van der Waals surface area contributed by atoms with Crippen molar-refractivity contribution in [1.29, 1.82) is 0 Å². The van der Waals surface area contributed by atoms with Gasteiger partial charge < -0.3 is 15.0 Å². The summed E-state index contributed by atoms with van der Waals surface area (Å²) in [6, 6.07) is 0. The van der Waals surface area contributed by atoms with Gasteiger partial charge >= 0.3 is 0 Å². The molecule has 0 radical (unpaired) electrons. The van der Waals surface area contributed by atoms with Crippen molar-refractivity contribution in [1.82, 2.24) is 10.2 Å². The minimum absolute atomic E-state index is 0. The van der Waals surface area contributed by atoms with Gasteiger partial charge in [0.1, 0.15) is 0 Å². The van der Waals surface area contributed by atoms with Crippen LogP contribution in [0.5, 0.6) is 0 Å². The van der Waals surface area contributed by atoms with Crippen LogP contribution in [0, 0.1) is 5.92 Å². The van der Waals surface area contributed by atoms with Gasteiger partial charge in [0.2, 0.25) is 0 Å². The van der Waals surface area contributed by atoms with Crippen molar-refractivity contribution in [2.75, 3.05) is 26.7 Å². The Morgan fingerprint density at radius 3 is 2.56 bits per heavy atom. The van der Waals surface area contributed by atoms with E-state index in [4.69, 9.17) is 4.74 Å². The molecule has 0 bridgehead atoms. The third kappa shape index (κ3) is 4.57. The second-order valence-electron chi connectivity index (χ2n) is 5.44. The van der Waals surface area contributed by atoms with Gasteiger partial charge in [-0.1, -0.05) is 0 Å². The van der Waals surface area contributed by atoms with Gasteiger partial charge in [-0.2, -0.15) is 0 Å². The average Bonchev–Trinajstić information content (AvgIpc) is 2.63. The molecule has 4 nitrogen and oxygen atoms in total. The fourth-order valence-corrected chi connectivity index (χ4v) is 2.89. The first kappa shape index (κ1) is 16.0. The zero-order chi connectivity index (χ0) is 12.3. The van der Waals surface area contributed by atoms with E-state index in [2.05, 4.69) is 36.1 Å². The van der Waals surface area contributed by atoms with Crippen molar-refractivity contribution in [3.8, 4) is 0 Å². The van der Waals surface area contributed by atoms with E-state index in [1.54, 1.807) is 0 Å². The van der Waals surface area contributed by atoms with Crippen LogP contribution in [0.4, 0.5) is 0 Å². The zero-order valence-corrected chi connectivity index (χ0v) is 14.0. The number of halogens is 1. The van der Waals surface area contributed by atoms with Gasteiger partial charge in [-0.05, 0) is 39.0 Å². The van der Waals surface area contributed by atoms with Crippen LogP contribution in [-0.4, -0.2) is 49.7 Å². The SMILES string of the molecule is CC1CC(CCNC2=NCCN2C)CC(C)O1.I. The van der Waals surface area contributed by atoms with Crippen molar-refractivity contribution >= 4 is 29.9 Å². The maximum Gasteiger partial charge on any atom is 0.193 e. The van der Waals surface area contributed by atoms with Crippen LogP contribution in [0.3, 0.4) is 0 Å². The van der Waals surface area contributed by atoms with E-state index in [1.165, 1.54) is 19.3 Å². The second kappa shape index (κ2) is 7.53. The van der Waals surface area contributed by atoms with E-state index in [9.17, 15) is 0 Å². The predicted octanol–water partition coefficient (Wildman–Crippen LogP) is 2.09. The summed E-state index contributed by atoms with van der Waals surface area (Å²) in [5.74, 6) is 1.87. The number of hydrogen-bond acceptors (Lipinski definition) is 4. The Kier molecular flexibility index (Phi) is 6.70. The largest absolute Gasteiger partial charge is 0.376 e. The lowest BCUT2D eigenvalue weighted by molar-refractivity contribution is -0.0530. The molecular formula is C13H26IN3O. The standard InChI is InChI=1S/C13H25N3O.HI/c1-10-8-12(9-11(2)17-10)4-5-14-13-15-6-7-16(13)3;/h10-12H,4-9H2,1-3H3,(H,14,15);1H. The van der Waals surface area contributed by atoms with Crippen LogP contribution in [0.1, 0.15) is 33.1 Å². The van der Waals surface area contributed by atoms with Crippen molar-refractivity contribution in [2.45, 2.75) is 45.3 Å². The lowest BCUT2D eigenvalue weighted by Gasteiger charge is -2.32. The average molecular weight is 367 g/mol. The smallest absolute Gasteiger partial charge is 0.193 e. The summed E-state index contributed by atoms with van der Waals surface area (Å²) < 4.78 is 5.76. The lowest BCUT2D eigenvalue weighted by atomic mass is 9.90. The van der Waals surface area contributed by atoms with Gasteiger partial charge in [0.25, 0.3) is 0 Å². The first-order chi connectivity index (χ1) is 8.15. The van der Waals surface area contributed by atoms with Gasteiger partial charge in [-0.25, -0.2) is 0 Å². The topological polar surface area (TPSA) is 36.9 Å². The summed E-state index contributed by atoms with van der Waals surface area (Å²) in [6.45, 7) is 7.39. The number of ether oxygens (including phenoxy) is 1. The summed E-state index contributed by atoms with van der Waals surface area (Å²) in [5.41, 5.74) is 0. The molecule has 2 atom stereocenters. The molecule has 0 aliphatic carbocycles. The Balaban J connectivity index is 0.00000162. The highest BCUT2D eigenvalue weighted by atomic mass is 127. The molecule has 2 aliphatic heterocycles. The number of guanidine groups is 1. The maximum atomic E-state index is 5.76.